The van der Waals surface area contributed by atoms with Crippen LogP contribution < -0.4 is 0 Å². The summed E-state index contributed by atoms with van der Waals surface area (Å²) < 4.78 is 0. The van der Waals surface area contributed by atoms with Crippen LogP contribution in [0.4, 0.5) is 0 Å². The Morgan fingerprint density at radius 1 is 1.30 bits per heavy atom. The Balaban J connectivity index is 3.15. The van der Waals surface area contributed by atoms with Crippen LogP contribution in [0.3, 0.4) is 0 Å². The third kappa shape index (κ3) is 1.07. The molecule has 0 aromatic heterocycles. The minimum atomic E-state index is -1.11. The van der Waals surface area contributed by atoms with Crippen molar-refractivity contribution in [1.82, 2.24) is 0 Å². The van der Waals surface area contributed by atoms with Gasteiger partial charge in [-0.2, -0.15) is 0 Å². The summed E-state index contributed by atoms with van der Waals surface area (Å²) in [7, 11) is 0. The maximum Gasteiger partial charge on any atom is 0.339 e. The number of carboxylic acid groups (broad SMARTS) is 1. The van der Waals surface area contributed by atoms with Crippen LogP contribution in [-0.4, -0.2) is 16.2 Å². The molecular weight excluding hydrogens is 138 g/mol. The first-order chi connectivity index (χ1) is 4.72. The normalized spacial score (nSPS) is 9.20. The molecule has 52 valence electrons. The molecule has 0 spiro atoms. The van der Waals surface area contributed by atoms with E-state index in [1.54, 1.807) is 12.1 Å². The first kappa shape index (κ1) is 6.61. The molecular formula is C7H6O3. The van der Waals surface area contributed by atoms with Crippen LogP contribution in [0.15, 0.2) is 24.3 Å². The highest BCUT2D eigenvalue weighted by Gasteiger charge is 2.05. The number of aromatic carboxylic acids is 1. The summed E-state index contributed by atoms with van der Waals surface area (Å²) in [6, 6.07) is 5.81. The summed E-state index contributed by atoms with van der Waals surface area (Å²) >= 11 is 0. The van der Waals surface area contributed by atoms with Crippen molar-refractivity contribution in [3.05, 3.63) is 29.8 Å². The first-order valence-corrected chi connectivity index (χ1v) is 2.73. The van der Waals surface area contributed by atoms with E-state index in [1.807, 2.05) is 0 Å². The van der Waals surface area contributed by atoms with Crippen molar-refractivity contribution < 1.29 is 15.0 Å². The molecule has 0 heterocycles. The lowest BCUT2D eigenvalue weighted by molar-refractivity contribution is 0.0694. The number of para-hydroxylation sites is 1. The molecule has 0 fully saturated rings. The monoisotopic (exact) mass is 144 g/mol. The van der Waals surface area contributed by atoms with Gasteiger partial charge in [0.25, 0.3) is 0 Å². The van der Waals surface area contributed by atoms with E-state index < -0.39 is 5.97 Å². The summed E-state index contributed by atoms with van der Waals surface area (Å²) in [5.41, 5.74) is -0.0671. The Morgan fingerprint density at radius 2 is 1.90 bits per heavy atom. The minimum Gasteiger partial charge on any atom is -0.507 e. The maximum absolute atomic E-state index is 10.3. The molecule has 0 unspecified atom stereocenters. The summed E-state index contributed by atoms with van der Waals surface area (Å²) in [5.74, 6) is -1.31. The third-order valence-electron chi connectivity index (χ3n) is 1.13. The molecule has 0 amide bonds. The highest BCUT2D eigenvalue weighted by molar-refractivity contribution is 5.90. The zero-order valence-corrected chi connectivity index (χ0v) is 5.11. The number of carboxylic acids is 1. The van der Waals surface area contributed by atoms with Crippen molar-refractivity contribution in [3.63, 3.8) is 0 Å². The first-order valence-electron chi connectivity index (χ1n) is 2.73. The molecule has 0 bridgehead atoms. The average Bonchev–Trinajstić information content (AvgIpc) is 1.88. The highest BCUT2D eigenvalue weighted by Crippen LogP contribution is 2.14. The highest BCUT2D eigenvalue weighted by atomic mass is 16.5. The van der Waals surface area contributed by atoms with Gasteiger partial charge < -0.3 is 10.2 Å². The van der Waals surface area contributed by atoms with Gasteiger partial charge in [-0.15, -0.1) is 0 Å². The second kappa shape index (κ2) is 2.39. The van der Waals surface area contributed by atoms with Crippen LogP contribution in [0.25, 0.3) is 0 Å². The van der Waals surface area contributed by atoms with Gasteiger partial charge in [0.1, 0.15) is 11.3 Å². The van der Waals surface area contributed by atoms with Gasteiger partial charge in [0.05, 0.1) is 0 Å². The van der Waals surface area contributed by atoms with Gasteiger partial charge in [-0.25, -0.2) is 4.79 Å². The molecule has 3 nitrogen and oxygen atoms in total. The summed E-state index contributed by atoms with van der Waals surface area (Å²) in [6.07, 6.45) is 0. The topological polar surface area (TPSA) is 57.5 Å². The molecule has 0 aliphatic carbocycles. The van der Waals surface area contributed by atoms with Crippen molar-refractivity contribution in [3.8, 4) is 5.75 Å². The number of hydrogen-bond donors (Lipinski definition) is 2. The summed E-state index contributed by atoms with van der Waals surface area (Å²) in [6.45, 7) is 0. The molecule has 1 aromatic rings. The molecule has 3 heteroatoms. The zero-order valence-electron chi connectivity index (χ0n) is 5.11. The van der Waals surface area contributed by atoms with Gasteiger partial charge in [0, 0.05) is 0 Å². The Bertz CT molecular complexity index is 255. The van der Waals surface area contributed by atoms with Crippen molar-refractivity contribution in [1.29, 1.82) is 0 Å². The van der Waals surface area contributed by atoms with Crippen LogP contribution in [0, 0.1) is 0 Å². The number of hydrogen-bond acceptors (Lipinski definition) is 2. The Kier molecular flexibility index (Phi) is 1.58. The van der Waals surface area contributed by atoms with E-state index in [4.69, 9.17) is 10.2 Å². The Morgan fingerprint density at radius 3 is 2.30 bits per heavy atom. The number of benzene rings is 1. The van der Waals surface area contributed by atoms with Gasteiger partial charge in [0.2, 0.25) is 0 Å². The SMILES string of the molecule is O=[13C](O)[13c]1c[13cH][13cH][13cH][13c]1O. The van der Waals surface area contributed by atoms with Gasteiger partial charge in [-0.1, -0.05) is 12.1 Å². The maximum atomic E-state index is 10.3. The van der Waals surface area contributed by atoms with Crippen molar-refractivity contribution in [2.45, 2.75) is 0 Å². The fraction of sp³-hybridized carbons (Fsp3) is 0. The second-order valence-electron chi connectivity index (χ2n) is 1.82. The molecule has 0 atom stereocenters. The van der Waals surface area contributed by atoms with E-state index in [0.717, 1.165) is 0 Å². The van der Waals surface area contributed by atoms with E-state index in [1.165, 1.54) is 12.1 Å². The number of carbonyl (C=O) groups is 1. The van der Waals surface area contributed by atoms with Crippen LogP contribution >= 0.6 is 0 Å². The van der Waals surface area contributed by atoms with Crippen LogP contribution in [-0.2, 0) is 0 Å². The second-order valence-corrected chi connectivity index (χ2v) is 1.82. The standard InChI is InChI=1S/C7H6O3/c8-6-4-2-1-3-5(6)7(9)10/h1-4,8H,(H,9,10)/i1+1,2+1,4+1,5+1,6+1,7+1. The fourth-order valence-electron chi connectivity index (χ4n) is 0.654. The minimum absolute atomic E-state index is 0.0671. The molecule has 2 N–H and O–H groups in total. The lowest BCUT2D eigenvalue weighted by Gasteiger charge is -1.95. The fourth-order valence-corrected chi connectivity index (χ4v) is 0.654. The zero-order chi connectivity index (χ0) is 7.56. The predicted octanol–water partition coefficient (Wildman–Crippen LogP) is 1.09. The summed E-state index contributed by atoms with van der Waals surface area (Å²) in [4.78, 5) is 10.3. The Labute approximate surface area is 57.5 Å². The number of rotatable bonds is 1. The van der Waals surface area contributed by atoms with Gasteiger partial charge >= 0.3 is 5.97 Å². The molecule has 0 saturated heterocycles. The third-order valence-corrected chi connectivity index (χ3v) is 1.13. The predicted molar refractivity (Wildman–Crippen MR) is 35.1 cm³/mol. The van der Waals surface area contributed by atoms with Crippen LogP contribution in [0.5, 0.6) is 5.75 Å². The molecule has 10 heavy (non-hydrogen) atoms. The lowest BCUT2D eigenvalue weighted by Crippen LogP contribution is -1.95. The average molecular weight is 144 g/mol. The van der Waals surface area contributed by atoms with Gasteiger partial charge in [-0.3, -0.25) is 0 Å². The van der Waals surface area contributed by atoms with E-state index in [2.05, 4.69) is 0 Å². The van der Waals surface area contributed by atoms with Crippen molar-refractivity contribution in [2.75, 3.05) is 0 Å². The molecule has 0 radical (unpaired) electrons. The van der Waals surface area contributed by atoms with Crippen LogP contribution in [0.2, 0.25) is 0 Å². The molecule has 0 saturated carbocycles. The molecule has 1 aromatic carbocycles. The van der Waals surface area contributed by atoms with Crippen molar-refractivity contribution in [2.24, 2.45) is 0 Å². The molecule has 0 aliphatic rings. The van der Waals surface area contributed by atoms with E-state index in [-0.39, 0.29) is 11.3 Å². The van der Waals surface area contributed by atoms with Crippen molar-refractivity contribution >= 4 is 5.97 Å². The van der Waals surface area contributed by atoms with Crippen LogP contribution in [0.1, 0.15) is 10.4 Å². The largest absolute Gasteiger partial charge is 0.507 e. The number of phenols is 1. The summed E-state index contributed by atoms with van der Waals surface area (Å²) in [5, 5.41) is 17.3. The van der Waals surface area contributed by atoms with Gasteiger partial charge in [0.15, 0.2) is 0 Å². The van der Waals surface area contributed by atoms with E-state index >= 15 is 0 Å². The quantitative estimate of drug-likeness (QED) is 0.580. The molecule has 1 rings (SSSR count). The van der Waals surface area contributed by atoms with E-state index in [0.29, 0.717) is 0 Å². The van der Waals surface area contributed by atoms with Gasteiger partial charge in [-0.05, 0) is 12.1 Å². The molecule has 0 aliphatic heterocycles. The number of aromatic hydroxyl groups is 1. The smallest absolute Gasteiger partial charge is 0.339 e. The Hall–Kier alpha value is -1.51. The lowest BCUT2D eigenvalue weighted by atomic mass is 10.9. The van der Waals surface area contributed by atoms with E-state index in [9.17, 15) is 4.79 Å².